The van der Waals surface area contributed by atoms with Gasteiger partial charge in [0.25, 0.3) is 0 Å². The summed E-state index contributed by atoms with van der Waals surface area (Å²) >= 11 is 0. The molecular formula is C48H88NO7+. The Morgan fingerprint density at radius 3 is 1.46 bits per heavy atom. The molecule has 8 heteroatoms. The quantitative estimate of drug-likeness (QED) is 0.0216. The standard InChI is InChI=1S/C48H87NO7/c1-6-8-10-12-14-16-18-19-20-21-22-23-24-25-26-27-29-31-33-35-37-39-47(51)56-44(42-54-41-40-45(48(52)53)49(3,4)5)43-55-46(50)38-36-34-32-30-28-17-15-13-11-9-7-2/h13,15,17,23-24,28,44-45H,6-12,14,16,18-22,25-27,29-43H2,1-5H3/p+1/b15-13+,24-23+,28-17+. The Balaban J connectivity index is 4.27. The van der Waals surface area contributed by atoms with Crippen molar-refractivity contribution < 1.29 is 38.2 Å². The van der Waals surface area contributed by atoms with Gasteiger partial charge in [0, 0.05) is 19.3 Å². The third-order valence-electron chi connectivity index (χ3n) is 10.3. The molecule has 0 aromatic carbocycles. The highest BCUT2D eigenvalue weighted by Gasteiger charge is 2.31. The Bertz CT molecular complexity index is 1020. The van der Waals surface area contributed by atoms with Crippen molar-refractivity contribution in [3.05, 3.63) is 36.5 Å². The molecule has 0 amide bonds. The minimum Gasteiger partial charge on any atom is -0.477 e. The van der Waals surface area contributed by atoms with Crippen LogP contribution in [0.2, 0.25) is 0 Å². The molecule has 0 aliphatic carbocycles. The number of likely N-dealkylation sites (N-methyl/N-ethyl adjacent to an activating group) is 1. The van der Waals surface area contributed by atoms with Gasteiger partial charge < -0.3 is 23.8 Å². The summed E-state index contributed by atoms with van der Waals surface area (Å²) in [5.41, 5.74) is 0. The first-order chi connectivity index (χ1) is 27.1. The topological polar surface area (TPSA) is 99.1 Å². The molecule has 8 nitrogen and oxygen atoms in total. The number of ether oxygens (including phenoxy) is 3. The van der Waals surface area contributed by atoms with Crippen LogP contribution in [0.15, 0.2) is 36.5 Å². The van der Waals surface area contributed by atoms with Crippen LogP contribution >= 0.6 is 0 Å². The number of hydrogen-bond acceptors (Lipinski definition) is 6. The summed E-state index contributed by atoms with van der Waals surface area (Å²) in [6.07, 6.45) is 44.8. The predicted octanol–water partition coefficient (Wildman–Crippen LogP) is 12.6. The van der Waals surface area contributed by atoms with Crippen LogP contribution in [0.5, 0.6) is 0 Å². The summed E-state index contributed by atoms with van der Waals surface area (Å²) in [4.78, 5) is 36.9. The van der Waals surface area contributed by atoms with Gasteiger partial charge >= 0.3 is 17.9 Å². The Morgan fingerprint density at radius 1 is 0.536 bits per heavy atom. The van der Waals surface area contributed by atoms with Crippen molar-refractivity contribution in [2.75, 3.05) is 41.0 Å². The number of nitrogens with zero attached hydrogens (tertiary/aromatic N) is 1. The molecule has 0 aromatic heterocycles. The number of carbonyl (C=O) groups excluding carboxylic acids is 2. The Labute approximate surface area is 344 Å². The Kier molecular flexibility index (Phi) is 37.7. The number of aliphatic carboxylic acids is 1. The highest BCUT2D eigenvalue weighted by Crippen LogP contribution is 2.14. The van der Waals surface area contributed by atoms with E-state index in [4.69, 9.17) is 14.2 Å². The van der Waals surface area contributed by atoms with Gasteiger partial charge in [0.1, 0.15) is 6.61 Å². The van der Waals surface area contributed by atoms with Crippen molar-refractivity contribution in [3.8, 4) is 0 Å². The molecule has 1 N–H and O–H groups in total. The summed E-state index contributed by atoms with van der Waals surface area (Å²) < 4.78 is 17.2. The van der Waals surface area contributed by atoms with Crippen molar-refractivity contribution in [1.82, 2.24) is 0 Å². The number of hydrogen-bond donors (Lipinski definition) is 1. The molecule has 56 heavy (non-hydrogen) atoms. The lowest BCUT2D eigenvalue weighted by Gasteiger charge is -2.31. The molecule has 0 aliphatic rings. The second kappa shape index (κ2) is 39.4. The lowest BCUT2D eigenvalue weighted by atomic mass is 10.1. The van der Waals surface area contributed by atoms with Crippen molar-refractivity contribution in [2.24, 2.45) is 0 Å². The van der Waals surface area contributed by atoms with E-state index in [1.54, 1.807) is 0 Å². The van der Waals surface area contributed by atoms with E-state index in [9.17, 15) is 19.5 Å². The molecule has 2 atom stereocenters. The SMILES string of the molecule is CCCC/C=C/C=C/CCCCCC(=O)OCC(COCCC(C(=O)O)[N+](C)(C)C)OC(=O)CCCCCCCCC/C=C/CCCCCCCCCCCC. The van der Waals surface area contributed by atoms with Gasteiger partial charge in [0.2, 0.25) is 0 Å². The third kappa shape index (κ3) is 37.1. The summed E-state index contributed by atoms with van der Waals surface area (Å²) in [5, 5.41) is 9.61. The first-order valence-electron chi connectivity index (χ1n) is 23.0. The van der Waals surface area contributed by atoms with Crippen LogP contribution in [0.3, 0.4) is 0 Å². The van der Waals surface area contributed by atoms with Gasteiger partial charge in [-0.05, 0) is 57.8 Å². The van der Waals surface area contributed by atoms with Gasteiger partial charge in [-0.15, -0.1) is 0 Å². The second-order valence-corrected chi connectivity index (χ2v) is 16.7. The molecule has 0 rings (SSSR count). The highest BCUT2D eigenvalue weighted by atomic mass is 16.6. The summed E-state index contributed by atoms with van der Waals surface area (Å²) in [5.74, 6) is -1.51. The molecule has 0 saturated carbocycles. The maximum atomic E-state index is 12.7. The number of unbranched alkanes of at least 4 members (excludes halogenated alkanes) is 22. The first-order valence-corrected chi connectivity index (χ1v) is 23.0. The smallest absolute Gasteiger partial charge is 0.362 e. The second-order valence-electron chi connectivity index (χ2n) is 16.7. The molecule has 0 aromatic rings. The monoisotopic (exact) mass is 791 g/mol. The largest absolute Gasteiger partial charge is 0.477 e. The van der Waals surface area contributed by atoms with Crippen molar-refractivity contribution in [3.63, 3.8) is 0 Å². The molecule has 0 fully saturated rings. The van der Waals surface area contributed by atoms with E-state index in [1.807, 2.05) is 21.1 Å². The molecule has 2 unspecified atom stereocenters. The van der Waals surface area contributed by atoms with E-state index in [-0.39, 0.29) is 36.2 Å². The summed E-state index contributed by atoms with van der Waals surface area (Å²) in [6.45, 7) is 4.66. The van der Waals surface area contributed by atoms with Crippen LogP contribution in [0.4, 0.5) is 0 Å². The average Bonchev–Trinajstić information content (AvgIpc) is 3.15. The Morgan fingerprint density at radius 2 is 0.964 bits per heavy atom. The van der Waals surface area contributed by atoms with Crippen LogP contribution in [-0.4, -0.2) is 80.6 Å². The highest BCUT2D eigenvalue weighted by molar-refractivity contribution is 5.72. The van der Waals surface area contributed by atoms with Crippen LogP contribution in [0, 0.1) is 0 Å². The van der Waals surface area contributed by atoms with Gasteiger partial charge in [-0.2, -0.15) is 0 Å². The fraction of sp³-hybridized carbons (Fsp3) is 0.812. The summed E-state index contributed by atoms with van der Waals surface area (Å²) in [6, 6.07) is -0.618. The maximum absolute atomic E-state index is 12.7. The maximum Gasteiger partial charge on any atom is 0.362 e. The van der Waals surface area contributed by atoms with Crippen LogP contribution in [-0.2, 0) is 28.6 Å². The van der Waals surface area contributed by atoms with Gasteiger partial charge in [-0.3, -0.25) is 9.59 Å². The number of carbonyl (C=O) groups is 3. The molecule has 326 valence electrons. The minimum atomic E-state index is -0.879. The van der Waals surface area contributed by atoms with Crippen LogP contribution in [0.1, 0.15) is 200 Å². The zero-order valence-corrected chi connectivity index (χ0v) is 37.1. The van der Waals surface area contributed by atoms with E-state index in [0.717, 1.165) is 51.4 Å². The fourth-order valence-electron chi connectivity index (χ4n) is 6.65. The van der Waals surface area contributed by atoms with E-state index < -0.39 is 18.1 Å². The predicted molar refractivity (Wildman–Crippen MR) is 234 cm³/mol. The first kappa shape index (κ1) is 53.6. The van der Waals surface area contributed by atoms with E-state index in [2.05, 4.69) is 50.3 Å². The third-order valence-corrected chi connectivity index (χ3v) is 10.3. The zero-order valence-electron chi connectivity index (χ0n) is 37.1. The van der Waals surface area contributed by atoms with Crippen LogP contribution < -0.4 is 0 Å². The van der Waals surface area contributed by atoms with E-state index in [0.29, 0.717) is 19.3 Å². The summed E-state index contributed by atoms with van der Waals surface area (Å²) in [7, 11) is 5.52. The number of carboxylic acid groups (broad SMARTS) is 1. The molecule has 0 aliphatic heterocycles. The molecule has 0 saturated heterocycles. The van der Waals surface area contributed by atoms with Crippen LogP contribution in [0.25, 0.3) is 0 Å². The number of carboxylic acids is 1. The van der Waals surface area contributed by atoms with Crippen molar-refractivity contribution in [1.29, 1.82) is 0 Å². The average molecular weight is 791 g/mol. The number of allylic oxidation sites excluding steroid dienone is 6. The van der Waals surface area contributed by atoms with E-state index in [1.165, 1.54) is 116 Å². The van der Waals surface area contributed by atoms with Gasteiger partial charge in [-0.25, -0.2) is 4.79 Å². The lowest BCUT2D eigenvalue weighted by molar-refractivity contribution is -0.887. The molecular weight excluding hydrogens is 703 g/mol. The zero-order chi connectivity index (χ0) is 41.4. The van der Waals surface area contributed by atoms with Gasteiger partial charge in [-0.1, -0.05) is 159 Å². The van der Waals surface area contributed by atoms with Gasteiger partial charge in [0.05, 0.1) is 34.4 Å². The normalized spacial score (nSPS) is 13.2. The minimum absolute atomic E-state index is 0.0518. The number of esters is 2. The fourth-order valence-corrected chi connectivity index (χ4v) is 6.65. The van der Waals surface area contributed by atoms with Crippen molar-refractivity contribution in [2.45, 2.75) is 212 Å². The van der Waals surface area contributed by atoms with E-state index >= 15 is 0 Å². The molecule has 0 heterocycles. The molecule has 0 radical (unpaired) electrons. The lowest BCUT2D eigenvalue weighted by Crippen LogP contribution is -2.50. The Hall–Kier alpha value is -2.45. The molecule has 0 spiro atoms. The van der Waals surface area contributed by atoms with Crippen molar-refractivity contribution >= 4 is 17.9 Å². The number of quaternary nitrogens is 1. The number of rotatable bonds is 41. The molecule has 0 bridgehead atoms. The van der Waals surface area contributed by atoms with Gasteiger partial charge in [0.15, 0.2) is 12.1 Å².